The van der Waals surface area contributed by atoms with Gasteiger partial charge in [-0.1, -0.05) is 0 Å². The summed E-state index contributed by atoms with van der Waals surface area (Å²) in [5.41, 5.74) is -10.6. The predicted octanol–water partition coefficient (Wildman–Crippen LogP) is 0.965. The van der Waals surface area contributed by atoms with Gasteiger partial charge in [-0.25, -0.2) is 0 Å². The van der Waals surface area contributed by atoms with Gasteiger partial charge in [-0.15, -0.1) is 0 Å². The maximum Gasteiger partial charge on any atom is 0.523 e. The Labute approximate surface area is 97.7 Å². The van der Waals surface area contributed by atoms with E-state index in [-0.39, 0.29) is 0 Å². The van der Waals surface area contributed by atoms with Crippen LogP contribution in [0.25, 0.3) is 0 Å². The first-order chi connectivity index (χ1) is 7.62. The second-order valence-electron chi connectivity index (χ2n) is 2.13. The van der Waals surface area contributed by atoms with Gasteiger partial charge in [0.1, 0.15) is 0 Å². The summed E-state index contributed by atoms with van der Waals surface area (Å²) in [6, 6.07) is 0. The van der Waals surface area contributed by atoms with Crippen molar-refractivity contribution in [2.75, 3.05) is 14.2 Å². The van der Waals surface area contributed by atoms with Gasteiger partial charge in [0.15, 0.2) is 0 Å². The van der Waals surface area contributed by atoms with Crippen LogP contribution in [0.5, 0.6) is 0 Å². The summed E-state index contributed by atoms with van der Waals surface area (Å²) in [4.78, 5) is 0. The van der Waals surface area contributed by atoms with Crippen molar-refractivity contribution in [1.29, 1.82) is 0 Å². The topological polar surface area (TPSA) is 86.7 Å². The Morgan fingerprint density at radius 3 is 0.833 bits per heavy atom. The van der Waals surface area contributed by atoms with Gasteiger partial charge in [0.2, 0.25) is 0 Å². The molecule has 0 rings (SSSR count). The summed E-state index contributed by atoms with van der Waals surface area (Å²) in [6.07, 6.45) is 0. The first-order valence-electron chi connectivity index (χ1n) is 3.36. The molecule has 0 amide bonds. The molecule has 0 aromatic rings. The van der Waals surface area contributed by atoms with Crippen molar-refractivity contribution < 1.29 is 51.5 Å². The summed E-state index contributed by atoms with van der Waals surface area (Å²) in [6.45, 7) is 0. The molecule has 14 heteroatoms. The molecule has 18 heavy (non-hydrogen) atoms. The second-order valence-corrected chi connectivity index (χ2v) is 5.54. The maximum absolute atomic E-state index is 11.1. The lowest BCUT2D eigenvalue weighted by Gasteiger charge is -2.02. The Morgan fingerprint density at radius 2 is 0.833 bits per heavy atom. The smallest absolute Gasteiger partial charge is 0.267 e. The lowest BCUT2D eigenvalue weighted by Crippen LogP contribution is -2.23. The maximum atomic E-state index is 11.1. The largest absolute Gasteiger partial charge is 0.523 e. The van der Waals surface area contributed by atoms with Crippen LogP contribution < -0.4 is 0 Å². The Bertz CT molecular complexity index is 399. The van der Waals surface area contributed by atoms with E-state index in [4.69, 9.17) is 0 Å². The highest BCUT2D eigenvalue weighted by Gasteiger charge is 2.47. The van der Waals surface area contributed by atoms with Gasteiger partial charge < -0.3 is 0 Å². The number of hydrogen-bond donors (Lipinski definition) is 0. The van der Waals surface area contributed by atoms with Crippen molar-refractivity contribution in [2.24, 2.45) is 0 Å². The highest BCUT2D eigenvalue weighted by molar-refractivity contribution is 7.87. The first kappa shape index (κ1) is 19.7. The zero-order chi connectivity index (χ0) is 15.4. The zero-order valence-electron chi connectivity index (χ0n) is 8.53. The summed E-state index contributed by atoms with van der Waals surface area (Å²) in [5, 5.41) is 0. The van der Waals surface area contributed by atoms with Gasteiger partial charge in [0.25, 0.3) is 0 Å². The standard InChI is InChI=1S/2C2H3F3O3S/c2*1-8-9(6,7)2(3,4)5/h2*1H3. The molecular formula is C4H6F6O6S2. The molecule has 0 N–H and O–H groups in total. The van der Waals surface area contributed by atoms with Gasteiger partial charge in [0.05, 0.1) is 14.2 Å². The van der Waals surface area contributed by atoms with Gasteiger partial charge in [-0.2, -0.15) is 43.2 Å². The average Bonchev–Trinajstić information content (AvgIpc) is 2.15. The van der Waals surface area contributed by atoms with Crippen LogP contribution in [0.1, 0.15) is 0 Å². The van der Waals surface area contributed by atoms with Crippen molar-refractivity contribution in [2.45, 2.75) is 11.0 Å². The molecule has 0 aliphatic rings. The van der Waals surface area contributed by atoms with E-state index in [0.717, 1.165) is 0 Å². The van der Waals surface area contributed by atoms with Crippen molar-refractivity contribution in [3.8, 4) is 0 Å². The van der Waals surface area contributed by atoms with Crippen molar-refractivity contribution in [3.05, 3.63) is 0 Å². The Hall–Kier alpha value is -0.600. The molecule has 0 aliphatic heterocycles. The van der Waals surface area contributed by atoms with Gasteiger partial charge in [-0.05, 0) is 0 Å². The fraction of sp³-hybridized carbons (Fsp3) is 1.00. The van der Waals surface area contributed by atoms with Gasteiger partial charge in [0, 0.05) is 0 Å². The molecule has 0 fully saturated rings. The molecule has 0 spiro atoms. The number of alkyl halides is 6. The van der Waals surface area contributed by atoms with E-state index < -0.39 is 31.3 Å². The van der Waals surface area contributed by atoms with Crippen LogP contribution in [0, 0.1) is 0 Å². The van der Waals surface area contributed by atoms with Crippen LogP contribution in [0.15, 0.2) is 0 Å². The number of halogens is 6. The molecule has 0 saturated carbocycles. The lowest BCUT2D eigenvalue weighted by atomic mass is 11.6. The SMILES string of the molecule is COS(=O)(=O)C(F)(F)F.COS(=O)(=O)C(F)(F)F. The van der Waals surface area contributed by atoms with Crippen LogP contribution in [0.3, 0.4) is 0 Å². The van der Waals surface area contributed by atoms with E-state index in [2.05, 4.69) is 8.37 Å². The summed E-state index contributed by atoms with van der Waals surface area (Å²) in [5.74, 6) is 0. The summed E-state index contributed by atoms with van der Waals surface area (Å²) < 4.78 is 112. The first-order valence-corrected chi connectivity index (χ1v) is 6.18. The molecule has 0 radical (unpaired) electrons. The average molecular weight is 328 g/mol. The fourth-order valence-corrected chi connectivity index (χ4v) is 0.567. The fourth-order valence-electron chi connectivity index (χ4n) is 0.189. The molecule has 0 bridgehead atoms. The third-order valence-corrected chi connectivity index (χ3v) is 3.02. The lowest BCUT2D eigenvalue weighted by molar-refractivity contribution is -0.0531. The third kappa shape index (κ3) is 5.83. The van der Waals surface area contributed by atoms with Crippen molar-refractivity contribution >= 4 is 20.2 Å². The summed E-state index contributed by atoms with van der Waals surface area (Å²) >= 11 is 0. The van der Waals surface area contributed by atoms with E-state index >= 15 is 0 Å². The minimum atomic E-state index is -5.34. The quantitative estimate of drug-likeness (QED) is 0.426. The molecule has 0 aromatic heterocycles. The second kappa shape index (κ2) is 6.03. The van der Waals surface area contributed by atoms with Crippen LogP contribution in [0.4, 0.5) is 26.3 Å². The van der Waals surface area contributed by atoms with E-state index in [0.29, 0.717) is 14.2 Å². The number of rotatable bonds is 2. The molecule has 0 aliphatic carbocycles. The van der Waals surface area contributed by atoms with E-state index in [1.807, 2.05) is 0 Å². The van der Waals surface area contributed by atoms with Crippen molar-refractivity contribution in [1.82, 2.24) is 0 Å². The zero-order valence-corrected chi connectivity index (χ0v) is 10.2. The molecule has 0 heterocycles. The van der Waals surface area contributed by atoms with Crippen LogP contribution in [-0.2, 0) is 28.6 Å². The third-order valence-electron chi connectivity index (χ3n) is 1.01. The molecule has 0 aromatic carbocycles. The minimum absolute atomic E-state index is 0.447. The van der Waals surface area contributed by atoms with Gasteiger partial charge in [-0.3, -0.25) is 8.37 Å². The molecule has 0 unspecified atom stereocenters. The van der Waals surface area contributed by atoms with E-state index in [9.17, 15) is 43.2 Å². The monoisotopic (exact) mass is 328 g/mol. The minimum Gasteiger partial charge on any atom is -0.267 e. The molecule has 6 nitrogen and oxygen atoms in total. The van der Waals surface area contributed by atoms with Crippen LogP contribution >= 0.6 is 0 Å². The van der Waals surface area contributed by atoms with E-state index in [1.54, 1.807) is 0 Å². The molecular weight excluding hydrogens is 322 g/mol. The molecule has 112 valence electrons. The number of hydrogen-bond acceptors (Lipinski definition) is 6. The Morgan fingerprint density at radius 1 is 0.667 bits per heavy atom. The Kier molecular flexibility index (Phi) is 6.61. The predicted molar refractivity (Wildman–Crippen MR) is 44.0 cm³/mol. The van der Waals surface area contributed by atoms with E-state index in [1.165, 1.54) is 0 Å². The van der Waals surface area contributed by atoms with Crippen LogP contribution in [0.2, 0.25) is 0 Å². The summed E-state index contributed by atoms with van der Waals surface area (Å²) in [7, 11) is -9.78. The Balaban J connectivity index is 0. The highest BCUT2D eigenvalue weighted by atomic mass is 32.2. The molecule has 0 atom stereocenters. The highest BCUT2D eigenvalue weighted by Crippen LogP contribution is 2.24. The normalized spacial score (nSPS) is 13.8. The molecule has 0 saturated heterocycles. The van der Waals surface area contributed by atoms with Gasteiger partial charge >= 0.3 is 31.3 Å². The van der Waals surface area contributed by atoms with Crippen LogP contribution in [-0.4, -0.2) is 42.1 Å². The van der Waals surface area contributed by atoms with Crippen molar-refractivity contribution in [3.63, 3.8) is 0 Å².